The summed E-state index contributed by atoms with van der Waals surface area (Å²) in [5.74, 6) is -0.242. The minimum Gasteiger partial charge on any atom is -0.452 e. The molecule has 5 rings (SSSR count). The molecule has 2 aliphatic rings. The van der Waals surface area contributed by atoms with Crippen LogP contribution in [0.4, 0.5) is 0 Å². The van der Waals surface area contributed by atoms with E-state index in [1.807, 2.05) is 49.4 Å². The van der Waals surface area contributed by atoms with Crippen LogP contribution < -0.4 is 4.74 Å². The molecule has 0 bridgehead atoms. The van der Waals surface area contributed by atoms with Gasteiger partial charge in [0.2, 0.25) is 0 Å². The highest BCUT2D eigenvalue weighted by Crippen LogP contribution is 2.32. The van der Waals surface area contributed by atoms with E-state index in [0.717, 1.165) is 11.1 Å². The lowest BCUT2D eigenvalue weighted by Crippen LogP contribution is -2.61. The normalized spacial score (nSPS) is 24.3. The van der Waals surface area contributed by atoms with Crippen LogP contribution in [0.2, 0.25) is 10.0 Å². The summed E-state index contributed by atoms with van der Waals surface area (Å²) in [5, 5.41) is 0.511. The van der Waals surface area contributed by atoms with Crippen LogP contribution in [0.3, 0.4) is 0 Å². The number of aryl methyl sites for hydroxylation is 1. The summed E-state index contributed by atoms with van der Waals surface area (Å²) >= 11 is 17.6. The zero-order valence-corrected chi connectivity index (χ0v) is 23.3. The number of hydrogen-bond donors (Lipinski definition) is 0. The van der Waals surface area contributed by atoms with Crippen LogP contribution in [0.25, 0.3) is 0 Å². The van der Waals surface area contributed by atoms with Gasteiger partial charge in [0.15, 0.2) is 24.2 Å². The lowest BCUT2D eigenvalue weighted by molar-refractivity contribution is -0.307. The van der Waals surface area contributed by atoms with Crippen LogP contribution in [-0.2, 0) is 30.1 Å². The number of rotatable bonds is 6. The summed E-state index contributed by atoms with van der Waals surface area (Å²) in [7, 11) is 0. The van der Waals surface area contributed by atoms with E-state index in [1.165, 1.54) is 6.07 Å². The molecule has 7 nitrogen and oxygen atoms in total. The number of ether oxygens (including phenoxy) is 6. The second-order valence-corrected chi connectivity index (χ2v) is 10.4. The molecule has 0 spiro atoms. The fraction of sp³-hybridized carbons (Fsp3) is 0.310. The molecular weight excluding hydrogens is 563 g/mol. The third-order valence-corrected chi connectivity index (χ3v) is 7.11. The van der Waals surface area contributed by atoms with E-state index in [0.29, 0.717) is 17.0 Å². The monoisotopic (exact) mass is 588 g/mol. The van der Waals surface area contributed by atoms with Crippen LogP contribution >= 0.6 is 35.4 Å². The summed E-state index contributed by atoms with van der Waals surface area (Å²) in [6.07, 6.45) is -2.82. The molecule has 2 heterocycles. The van der Waals surface area contributed by atoms with Gasteiger partial charge in [-0.1, -0.05) is 71.2 Å². The fourth-order valence-corrected chi connectivity index (χ4v) is 5.04. The van der Waals surface area contributed by atoms with Gasteiger partial charge in [0.05, 0.1) is 23.8 Å². The molecule has 0 radical (unpaired) electrons. The Morgan fingerprint density at radius 1 is 0.974 bits per heavy atom. The van der Waals surface area contributed by atoms with Gasteiger partial charge in [0.1, 0.15) is 12.2 Å². The molecule has 0 aromatic heterocycles. The average molecular weight is 589 g/mol. The number of fused-ring (bicyclic) bond motifs is 1. The van der Waals surface area contributed by atoms with Crippen molar-refractivity contribution in [1.82, 2.24) is 0 Å². The topological polar surface area (TPSA) is 72.5 Å². The molecule has 204 valence electrons. The first kappa shape index (κ1) is 27.8. The molecule has 0 saturated carbocycles. The maximum absolute atomic E-state index is 13.0. The summed E-state index contributed by atoms with van der Waals surface area (Å²) in [6.45, 7) is 2.28. The molecule has 39 heavy (non-hydrogen) atoms. The molecule has 5 unspecified atom stereocenters. The van der Waals surface area contributed by atoms with Gasteiger partial charge in [-0.05, 0) is 42.8 Å². The van der Waals surface area contributed by atoms with Crippen molar-refractivity contribution >= 4 is 46.6 Å². The number of thiocarbonyl (C=S) groups is 1. The zero-order valence-electron chi connectivity index (χ0n) is 21.0. The van der Waals surface area contributed by atoms with Crippen LogP contribution in [0.5, 0.6) is 5.75 Å². The minimum absolute atomic E-state index is 0.0593. The fourth-order valence-electron chi connectivity index (χ4n) is 4.39. The Morgan fingerprint density at radius 3 is 2.49 bits per heavy atom. The SMILES string of the molecule is Cc1ccc(C(=O)OC2COC3COC(Cc4ccccc4)OC3C2OC(=S)Oc2ccc(Cl)cc2Cl)cc1. The summed E-state index contributed by atoms with van der Waals surface area (Å²) < 4.78 is 35.9. The molecule has 3 aromatic carbocycles. The summed E-state index contributed by atoms with van der Waals surface area (Å²) in [5.41, 5.74) is 2.48. The maximum atomic E-state index is 13.0. The Bertz CT molecular complexity index is 1300. The minimum atomic E-state index is -0.835. The molecule has 0 aliphatic carbocycles. The number of benzene rings is 3. The van der Waals surface area contributed by atoms with E-state index >= 15 is 0 Å². The van der Waals surface area contributed by atoms with Crippen LogP contribution in [0, 0.1) is 6.92 Å². The van der Waals surface area contributed by atoms with E-state index < -0.39 is 36.7 Å². The predicted molar refractivity (Wildman–Crippen MR) is 149 cm³/mol. The molecule has 2 saturated heterocycles. The first-order chi connectivity index (χ1) is 18.9. The number of halogens is 2. The third kappa shape index (κ3) is 7.08. The van der Waals surface area contributed by atoms with E-state index in [2.05, 4.69) is 0 Å². The quantitative estimate of drug-likeness (QED) is 0.258. The highest BCUT2D eigenvalue weighted by atomic mass is 35.5. The summed E-state index contributed by atoms with van der Waals surface area (Å²) in [4.78, 5) is 13.0. The van der Waals surface area contributed by atoms with Gasteiger partial charge in [-0.3, -0.25) is 0 Å². The molecule has 0 N–H and O–H groups in total. The number of esters is 1. The smallest absolute Gasteiger partial charge is 0.358 e. The lowest BCUT2D eigenvalue weighted by Gasteiger charge is -2.45. The standard InChI is InChI=1S/C29H26Cl2O7S/c1-17-7-9-19(10-8-17)28(32)35-24-16-33-23-15-34-25(13-18-5-3-2-4-6-18)37-26(23)27(24)38-29(39)36-22-12-11-20(30)14-21(22)31/h2-12,14,23-27H,13,15-16H2,1H3. The van der Waals surface area contributed by atoms with Crippen molar-refractivity contribution in [3.05, 3.63) is 99.5 Å². The second kappa shape index (κ2) is 12.6. The van der Waals surface area contributed by atoms with Crippen molar-refractivity contribution in [3.8, 4) is 5.75 Å². The summed E-state index contributed by atoms with van der Waals surface area (Å²) in [6, 6.07) is 21.7. The van der Waals surface area contributed by atoms with Gasteiger partial charge < -0.3 is 28.4 Å². The predicted octanol–water partition coefficient (Wildman–Crippen LogP) is 5.96. The Kier molecular flexibility index (Phi) is 9.02. The van der Waals surface area contributed by atoms with E-state index in [1.54, 1.807) is 24.3 Å². The largest absolute Gasteiger partial charge is 0.452 e. The second-order valence-electron chi connectivity index (χ2n) is 9.24. The van der Waals surface area contributed by atoms with Crippen molar-refractivity contribution in [1.29, 1.82) is 0 Å². The van der Waals surface area contributed by atoms with Crippen molar-refractivity contribution in [2.75, 3.05) is 13.2 Å². The van der Waals surface area contributed by atoms with Crippen molar-refractivity contribution in [3.63, 3.8) is 0 Å². The third-order valence-electron chi connectivity index (χ3n) is 6.40. The maximum Gasteiger partial charge on any atom is 0.358 e. The zero-order chi connectivity index (χ0) is 27.4. The Morgan fingerprint density at radius 2 is 1.74 bits per heavy atom. The van der Waals surface area contributed by atoms with Crippen LogP contribution in [0.15, 0.2) is 72.8 Å². The molecule has 5 atom stereocenters. The van der Waals surface area contributed by atoms with Gasteiger partial charge >= 0.3 is 11.2 Å². The molecular formula is C29H26Cl2O7S. The van der Waals surface area contributed by atoms with Gasteiger partial charge in [-0.25, -0.2) is 4.79 Å². The first-order valence-electron chi connectivity index (χ1n) is 12.4. The number of hydrogen-bond acceptors (Lipinski definition) is 8. The van der Waals surface area contributed by atoms with E-state index in [-0.39, 0.29) is 29.2 Å². The molecule has 2 fully saturated rings. The van der Waals surface area contributed by atoms with Crippen molar-refractivity contribution < 1.29 is 33.2 Å². The van der Waals surface area contributed by atoms with Crippen LogP contribution in [-0.4, -0.2) is 55.1 Å². The number of carbonyl (C=O) groups is 1. The van der Waals surface area contributed by atoms with Gasteiger partial charge in [-0.2, -0.15) is 0 Å². The van der Waals surface area contributed by atoms with Crippen molar-refractivity contribution in [2.45, 2.75) is 44.1 Å². The Balaban J connectivity index is 1.35. The first-order valence-corrected chi connectivity index (χ1v) is 13.6. The van der Waals surface area contributed by atoms with Gasteiger partial charge in [0, 0.05) is 23.7 Å². The van der Waals surface area contributed by atoms with Crippen LogP contribution in [0.1, 0.15) is 21.5 Å². The van der Waals surface area contributed by atoms with E-state index in [4.69, 9.17) is 63.8 Å². The van der Waals surface area contributed by atoms with E-state index in [9.17, 15) is 4.79 Å². The van der Waals surface area contributed by atoms with Gasteiger partial charge in [-0.15, -0.1) is 0 Å². The molecule has 0 amide bonds. The molecule has 10 heteroatoms. The van der Waals surface area contributed by atoms with Gasteiger partial charge in [0.25, 0.3) is 0 Å². The molecule has 2 aliphatic heterocycles. The molecule has 3 aromatic rings. The van der Waals surface area contributed by atoms with Crippen molar-refractivity contribution in [2.24, 2.45) is 0 Å². The Labute approximate surface area is 241 Å². The highest BCUT2D eigenvalue weighted by Gasteiger charge is 2.49. The number of carbonyl (C=O) groups excluding carboxylic acids is 1. The average Bonchev–Trinajstić information content (AvgIpc) is 2.92. The Hall–Kier alpha value is -2.72. The lowest BCUT2D eigenvalue weighted by atomic mass is 9.98. The highest BCUT2D eigenvalue weighted by molar-refractivity contribution is 7.79.